The molecule has 0 bridgehead atoms. The van der Waals surface area contributed by atoms with Crippen LogP contribution in [0.2, 0.25) is 0 Å². The van der Waals surface area contributed by atoms with E-state index in [1.807, 2.05) is 19.9 Å². The first kappa shape index (κ1) is 26.5. The first-order valence-electron chi connectivity index (χ1n) is 11.7. The summed E-state index contributed by atoms with van der Waals surface area (Å²) in [5.41, 5.74) is 0.828. The van der Waals surface area contributed by atoms with Crippen LogP contribution in [0.1, 0.15) is 26.3 Å². The Labute approximate surface area is 212 Å². The normalized spacial score (nSPS) is 23.6. The summed E-state index contributed by atoms with van der Waals surface area (Å²) < 4.78 is 22.7. The number of hydrogen-bond acceptors (Lipinski definition) is 10. The lowest BCUT2D eigenvalue weighted by molar-refractivity contribution is -0.268. The second kappa shape index (κ2) is 10.4. The largest absolute Gasteiger partial charge is 0.507 e. The summed E-state index contributed by atoms with van der Waals surface area (Å²) in [6.07, 6.45) is -5.03. The molecule has 5 N–H and O–H groups in total. The van der Waals surface area contributed by atoms with E-state index in [0.29, 0.717) is 11.3 Å². The number of fused-ring (bicyclic) bond motifs is 1. The topological polar surface area (TPSA) is 159 Å². The Kier molecular flexibility index (Phi) is 7.47. The van der Waals surface area contributed by atoms with Crippen LogP contribution in [0.3, 0.4) is 0 Å². The molecule has 37 heavy (non-hydrogen) atoms. The van der Waals surface area contributed by atoms with Gasteiger partial charge in [0, 0.05) is 17.2 Å². The lowest BCUT2D eigenvalue weighted by Gasteiger charge is -2.38. The zero-order valence-electron chi connectivity index (χ0n) is 20.8. The number of ether oxygens (including phenoxy) is 3. The molecule has 10 nitrogen and oxygen atoms in total. The molecule has 10 heteroatoms. The van der Waals surface area contributed by atoms with Gasteiger partial charge >= 0.3 is 0 Å². The lowest BCUT2D eigenvalue weighted by atomic mass is 10.00. The summed E-state index contributed by atoms with van der Waals surface area (Å²) in [5, 5.41) is 51.6. The minimum Gasteiger partial charge on any atom is -0.507 e. The molecule has 0 unspecified atom stereocenters. The zero-order valence-corrected chi connectivity index (χ0v) is 20.8. The molecule has 4 rings (SSSR count). The first-order valence-corrected chi connectivity index (χ1v) is 11.7. The van der Waals surface area contributed by atoms with Gasteiger partial charge in [0.2, 0.25) is 17.5 Å². The van der Waals surface area contributed by atoms with Gasteiger partial charge in [-0.15, -0.1) is 0 Å². The SMILES string of the molecule is COc1ccc(-c2oc3c(CC=C(C)C)c(O)cc(O)c3c(=O)c2O[C@@H]2O[C@@H](C)[C@@H](O)[C@H](O)[C@@H]2O)cc1. The van der Waals surface area contributed by atoms with Gasteiger partial charge in [-0.25, -0.2) is 0 Å². The average molecular weight is 515 g/mol. The highest BCUT2D eigenvalue weighted by atomic mass is 16.7. The van der Waals surface area contributed by atoms with Crippen LogP contribution in [0, 0.1) is 0 Å². The highest BCUT2D eigenvalue weighted by Crippen LogP contribution is 2.40. The molecular formula is C27H30O10. The van der Waals surface area contributed by atoms with E-state index in [1.165, 1.54) is 14.0 Å². The average Bonchev–Trinajstić information content (AvgIpc) is 2.86. The molecule has 0 aliphatic carbocycles. The molecule has 5 atom stereocenters. The Balaban J connectivity index is 1.96. The maximum absolute atomic E-state index is 13.8. The second-order valence-electron chi connectivity index (χ2n) is 9.20. The van der Waals surface area contributed by atoms with Crippen molar-refractivity contribution in [2.45, 2.75) is 57.9 Å². The van der Waals surface area contributed by atoms with E-state index >= 15 is 0 Å². The third-order valence-electron chi connectivity index (χ3n) is 6.29. The van der Waals surface area contributed by atoms with Gasteiger partial charge < -0.3 is 44.2 Å². The van der Waals surface area contributed by atoms with Crippen molar-refractivity contribution in [2.75, 3.05) is 7.11 Å². The summed E-state index contributed by atoms with van der Waals surface area (Å²) >= 11 is 0. The number of rotatable bonds is 6. The number of allylic oxidation sites excluding steroid dienone is 2. The molecule has 1 saturated heterocycles. The Hall–Kier alpha value is -3.57. The van der Waals surface area contributed by atoms with Crippen molar-refractivity contribution in [1.29, 1.82) is 0 Å². The van der Waals surface area contributed by atoms with E-state index in [9.17, 15) is 30.3 Å². The van der Waals surface area contributed by atoms with Crippen molar-refractivity contribution in [2.24, 2.45) is 0 Å². The molecular weight excluding hydrogens is 484 g/mol. The third kappa shape index (κ3) is 5.01. The molecule has 0 saturated carbocycles. The molecule has 1 aliphatic heterocycles. The fourth-order valence-corrected chi connectivity index (χ4v) is 4.14. The first-order chi connectivity index (χ1) is 17.5. The monoisotopic (exact) mass is 514 g/mol. The van der Waals surface area contributed by atoms with E-state index in [4.69, 9.17) is 18.6 Å². The fraction of sp³-hybridized carbons (Fsp3) is 0.370. The number of aliphatic hydroxyl groups is 3. The van der Waals surface area contributed by atoms with Crippen LogP contribution >= 0.6 is 0 Å². The number of aromatic hydroxyl groups is 2. The van der Waals surface area contributed by atoms with Crippen molar-refractivity contribution < 1.29 is 44.2 Å². The third-order valence-corrected chi connectivity index (χ3v) is 6.29. The zero-order chi connectivity index (χ0) is 27.0. The molecule has 0 radical (unpaired) electrons. The van der Waals surface area contributed by atoms with Crippen LogP contribution in [-0.2, 0) is 11.2 Å². The lowest BCUT2D eigenvalue weighted by Crippen LogP contribution is -2.58. The summed E-state index contributed by atoms with van der Waals surface area (Å²) in [7, 11) is 1.50. The smallest absolute Gasteiger partial charge is 0.239 e. The van der Waals surface area contributed by atoms with Crippen molar-refractivity contribution in [3.05, 3.63) is 57.8 Å². The van der Waals surface area contributed by atoms with E-state index in [2.05, 4.69) is 0 Å². The van der Waals surface area contributed by atoms with Gasteiger partial charge in [0.1, 0.15) is 46.5 Å². The second-order valence-corrected chi connectivity index (χ2v) is 9.20. The van der Waals surface area contributed by atoms with E-state index < -0.39 is 47.6 Å². The molecule has 198 valence electrons. The standard InChI is InChI=1S/C27H30O10/c1-12(2)5-10-16-17(28)11-18(29)19-21(31)26(37-27-23(33)22(32)20(30)13(3)35-27)24(36-25(16)19)14-6-8-15(34-4)9-7-14/h5-9,11,13,20,22-23,27-30,32-33H,10H2,1-4H3/t13-,20+,22-,23-,27-/m0/s1. The minimum atomic E-state index is -1.69. The summed E-state index contributed by atoms with van der Waals surface area (Å²) in [5.74, 6) is -0.690. The van der Waals surface area contributed by atoms with E-state index in [1.54, 1.807) is 24.3 Å². The summed E-state index contributed by atoms with van der Waals surface area (Å²) in [6.45, 7) is 5.24. The van der Waals surface area contributed by atoms with Crippen LogP contribution in [0.25, 0.3) is 22.3 Å². The van der Waals surface area contributed by atoms with Crippen LogP contribution in [0.5, 0.6) is 23.0 Å². The van der Waals surface area contributed by atoms with Gasteiger partial charge in [-0.1, -0.05) is 11.6 Å². The number of phenolic OH excluding ortho intramolecular Hbond substituents is 2. The summed E-state index contributed by atoms with van der Waals surface area (Å²) in [6, 6.07) is 7.57. The highest BCUT2D eigenvalue weighted by Gasteiger charge is 2.44. The molecule has 1 aliphatic rings. The Morgan fingerprint density at radius 1 is 1.03 bits per heavy atom. The van der Waals surface area contributed by atoms with Crippen LogP contribution in [0.15, 0.2) is 51.2 Å². The Morgan fingerprint density at radius 2 is 1.70 bits per heavy atom. The number of aliphatic hydroxyl groups excluding tert-OH is 3. The van der Waals surface area contributed by atoms with Gasteiger partial charge in [0.05, 0.1) is 13.2 Å². The van der Waals surface area contributed by atoms with Crippen molar-refractivity contribution in [3.63, 3.8) is 0 Å². The van der Waals surface area contributed by atoms with Gasteiger partial charge in [-0.2, -0.15) is 0 Å². The van der Waals surface area contributed by atoms with Crippen LogP contribution in [-0.4, -0.2) is 63.3 Å². The number of methoxy groups -OCH3 is 1. The number of phenols is 2. The maximum Gasteiger partial charge on any atom is 0.239 e. The predicted molar refractivity (Wildman–Crippen MR) is 134 cm³/mol. The van der Waals surface area contributed by atoms with Crippen LogP contribution < -0.4 is 14.9 Å². The number of hydrogen-bond donors (Lipinski definition) is 5. The number of benzene rings is 2. The van der Waals surface area contributed by atoms with E-state index in [-0.39, 0.29) is 34.5 Å². The van der Waals surface area contributed by atoms with Gasteiger partial charge in [-0.3, -0.25) is 4.79 Å². The molecule has 0 amide bonds. The fourth-order valence-electron chi connectivity index (χ4n) is 4.14. The van der Waals surface area contributed by atoms with Gasteiger partial charge in [-0.05, 0) is 51.5 Å². The molecule has 2 heterocycles. The maximum atomic E-state index is 13.8. The molecule has 1 fully saturated rings. The summed E-state index contributed by atoms with van der Waals surface area (Å²) in [4.78, 5) is 13.8. The molecule has 3 aromatic rings. The Morgan fingerprint density at radius 3 is 2.32 bits per heavy atom. The quantitative estimate of drug-likeness (QED) is 0.310. The molecule has 1 aromatic heterocycles. The Bertz CT molecular complexity index is 1370. The van der Waals surface area contributed by atoms with Crippen molar-refractivity contribution in [1.82, 2.24) is 0 Å². The molecule has 0 spiro atoms. The van der Waals surface area contributed by atoms with Crippen LogP contribution in [0.4, 0.5) is 0 Å². The van der Waals surface area contributed by atoms with E-state index in [0.717, 1.165) is 11.6 Å². The highest BCUT2D eigenvalue weighted by molar-refractivity contribution is 5.91. The molecule has 2 aromatic carbocycles. The van der Waals surface area contributed by atoms with Gasteiger partial charge in [0.25, 0.3) is 0 Å². The van der Waals surface area contributed by atoms with Crippen molar-refractivity contribution in [3.8, 4) is 34.3 Å². The van der Waals surface area contributed by atoms with Gasteiger partial charge in [0.15, 0.2) is 5.76 Å². The van der Waals surface area contributed by atoms with Crippen molar-refractivity contribution >= 4 is 11.0 Å². The minimum absolute atomic E-state index is 0.0351. The predicted octanol–water partition coefficient (Wildman–Crippen LogP) is 2.59.